The van der Waals surface area contributed by atoms with E-state index in [0.29, 0.717) is 29.5 Å². The van der Waals surface area contributed by atoms with Crippen molar-refractivity contribution in [3.8, 4) is 22.8 Å². The number of hydrogen-bond donors (Lipinski definition) is 2. The highest BCUT2D eigenvalue weighted by molar-refractivity contribution is 7.11. The molecule has 0 saturated heterocycles. The van der Waals surface area contributed by atoms with Gasteiger partial charge >= 0.3 is 0 Å². The molecule has 0 atom stereocenters. The summed E-state index contributed by atoms with van der Waals surface area (Å²) in [5.74, 6) is 0.843. The summed E-state index contributed by atoms with van der Waals surface area (Å²) in [4.78, 5) is 13.2. The summed E-state index contributed by atoms with van der Waals surface area (Å²) >= 11 is 1.54. The summed E-state index contributed by atoms with van der Waals surface area (Å²) in [7, 11) is 1.59. The molecule has 0 aliphatic rings. The molecule has 2 aromatic carbocycles. The Morgan fingerprint density at radius 3 is 2.77 bits per heavy atom. The topological polar surface area (TPSA) is 88.6 Å². The van der Waals surface area contributed by atoms with E-state index in [9.17, 15) is 4.79 Å². The zero-order chi connectivity index (χ0) is 21.5. The van der Waals surface area contributed by atoms with Crippen LogP contribution in [-0.2, 0) is 6.61 Å². The van der Waals surface area contributed by atoms with Crippen LogP contribution < -0.4 is 14.9 Å². The SMILES string of the molecule is COc1cc(-c2cc(C(=O)N/N=C\c3cccs3)[nH]n2)ccc1OCc1ccccc1. The molecule has 2 heterocycles. The first kappa shape index (κ1) is 20.4. The molecule has 8 heteroatoms. The third-order valence-electron chi connectivity index (χ3n) is 4.42. The highest BCUT2D eigenvalue weighted by atomic mass is 32.1. The number of carbonyl (C=O) groups excluding carboxylic acids is 1. The van der Waals surface area contributed by atoms with Crippen LogP contribution in [0.4, 0.5) is 0 Å². The fourth-order valence-corrected chi connectivity index (χ4v) is 3.43. The molecule has 0 spiro atoms. The van der Waals surface area contributed by atoms with Crippen LogP contribution >= 0.6 is 11.3 Å². The Kier molecular flexibility index (Phi) is 6.39. The number of ether oxygens (including phenoxy) is 2. The number of benzene rings is 2. The summed E-state index contributed by atoms with van der Waals surface area (Å²) in [6.45, 7) is 0.440. The molecule has 7 nitrogen and oxygen atoms in total. The Morgan fingerprint density at radius 2 is 2.00 bits per heavy atom. The number of nitrogens with zero attached hydrogens (tertiary/aromatic N) is 2. The number of hydrogen-bond acceptors (Lipinski definition) is 6. The van der Waals surface area contributed by atoms with Crippen molar-refractivity contribution in [2.24, 2.45) is 5.10 Å². The molecular formula is C23H20N4O3S. The molecule has 2 aromatic heterocycles. The first-order chi connectivity index (χ1) is 15.2. The van der Waals surface area contributed by atoms with Crippen molar-refractivity contribution in [1.29, 1.82) is 0 Å². The summed E-state index contributed by atoms with van der Waals surface area (Å²) < 4.78 is 11.4. The van der Waals surface area contributed by atoms with Crippen molar-refractivity contribution in [1.82, 2.24) is 15.6 Å². The summed E-state index contributed by atoms with van der Waals surface area (Å²) in [5, 5.41) is 12.9. The molecule has 156 valence electrons. The van der Waals surface area contributed by atoms with Crippen molar-refractivity contribution >= 4 is 23.5 Å². The van der Waals surface area contributed by atoms with E-state index in [4.69, 9.17) is 9.47 Å². The average molecular weight is 433 g/mol. The van der Waals surface area contributed by atoms with E-state index in [1.807, 2.05) is 66.0 Å². The number of hydrazone groups is 1. The van der Waals surface area contributed by atoms with E-state index >= 15 is 0 Å². The van der Waals surface area contributed by atoms with Gasteiger partial charge in [-0.15, -0.1) is 11.3 Å². The van der Waals surface area contributed by atoms with E-state index in [-0.39, 0.29) is 5.91 Å². The van der Waals surface area contributed by atoms with Gasteiger partial charge in [-0.25, -0.2) is 5.43 Å². The number of aromatic amines is 1. The Balaban J connectivity index is 1.43. The van der Waals surface area contributed by atoms with Crippen LogP contribution in [0.5, 0.6) is 11.5 Å². The summed E-state index contributed by atoms with van der Waals surface area (Å²) in [6, 6.07) is 20.9. The molecule has 0 unspecified atom stereocenters. The van der Waals surface area contributed by atoms with Crippen LogP contribution in [0.3, 0.4) is 0 Å². The Hall–Kier alpha value is -3.91. The molecule has 1 amide bonds. The second kappa shape index (κ2) is 9.73. The lowest BCUT2D eigenvalue weighted by Crippen LogP contribution is -2.17. The van der Waals surface area contributed by atoms with Gasteiger partial charge in [0.05, 0.1) is 19.0 Å². The third-order valence-corrected chi connectivity index (χ3v) is 5.23. The molecule has 0 fully saturated rings. The van der Waals surface area contributed by atoms with Gasteiger partial charge < -0.3 is 9.47 Å². The van der Waals surface area contributed by atoms with Crippen LogP contribution in [0.2, 0.25) is 0 Å². The second-order valence-electron chi connectivity index (χ2n) is 6.52. The van der Waals surface area contributed by atoms with Gasteiger partial charge in [0.15, 0.2) is 11.5 Å². The lowest BCUT2D eigenvalue weighted by molar-refractivity contribution is 0.0950. The first-order valence-corrected chi connectivity index (χ1v) is 10.4. The number of amides is 1. The number of rotatable bonds is 8. The van der Waals surface area contributed by atoms with Crippen molar-refractivity contribution < 1.29 is 14.3 Å². The zero-order valence-corrected chi connectivity index (χ0v) is 17.6. The minimum atomic E-state index is -0.374. The van der Waals surface area contributed by atoms with E-state index < -0.39 is 0 Å². The monoisotopic (exact) mass is 432 g/mol. The molecule has 31 heavy (non-hydrogen) atoms. The fraction of sp³-hybridized carbons (Fsp3) is 0.0870. The molecule has 0 radical (unpaired) electrons. The maximum atomic E-state index is 12.3. The predicted octanol–water partition coefficient (Wildman–Crippen LogP) is 4.49. The maximum Gasteiger partial charge on any atom is 0.289 e. The maximum absolute atomic E-state index is 12.3. The lowest BCUT2D eigenvalue weighted by Gasteiger charge is -2.11. The van der Waals surface area contributed by atoms with Crippen LogP contribution in [0.25, 0.3) is 11.3 Å². The van der Waals surface area contributed by atoms with Crippen LogP contribution in [-0.4, -0.2) is 29.4 Å². The van der Waals surface area contributed by atoms with E-state index in [1.54, 1.807) is 19.4 Å². The molecule has 0 saturated carbocycles. The second-order valence-corrected chi connectivity index (χ2v) is 7.50. The van der Waals surface area contributed by atoms with E-state index in [1.165, 1.54) is 11.3 Å². The first-order valence-electron chi connectivity index (χ1n) is 9.50. The molecule has 2 N–H and O–H groups in total. The molecule has 0 bridgehead atoms. The van der Waals surface area contributed by atoms with Crippen molar-refractivity contribution in [2.75, 3.05) is 7.11 Å². The van der Waals surface area contributed by atoms with Gasteiger partial charge in [0.2, 0.25) is 0 Å². The van der Waals surface area contributed by atoms with Crippen LogP contribution in [0.15, 0.2) is 77.2 Å². The van der Waals surface area contributed by atoms with Crippen molar-refractivity contribution in [2.45, 2.75) is 6.61 Å². The summed E-state index contributed by atoms with van der Waals surface area (Å²) in [5.41, 5.74) is 5.27. The van der Waals surface area contributed by atoms with Crippen LogP contribution in [0.1, 0.15) is 20.9 Å². The number of nitrogens with one attached hydrogen (secondary N) is 2. The highest BCUT2D eigenvalue weighted by Gasteiger charge is 2.13. The van der Waals surface area contributed by atoms with E-state index in [0.717, 1.165) is 16.0 Å². The number of thiophene rings is 1. The van der Waals surface area contributed by atoms with Gasteiger partial charge in [0.1, 0.15) is 12.3 Å². The van der Waals surface area contributed by atoms with Gasteiger partial charge in [0, 0.05) is 10.4 Å². The van der Waals surface area contributed by atoms with E-state index in [2.05, 4.69) is 20.7 Å². The zero-order valence-electron chi connectivity index (χ0n) is 16.7. The quantitative estimate of drug-likeness (QED) is 0.317. The number of carbonyl (C=O) groups is 1. The van der Waals surface area contributed by atoms with Gasteiger partial charge in [-0.3, -0.25) is 9.89 Å². The van der Waals surface area contributed by atoms with Gasteiger partial charge in [0.25, 0.3) is 5.91 Å². The Morgan fingerprint density at radius 1 is 1.13 bits per heavy atom. The Bertz CT molecular complexity index is 1170. The van der Waals surface area contributed by atoms with Crippen molar-refractivity contribution in [3.63, 3.8) is 0 Å². The molecular weight excluding hydrogens is 412 g/mol. The van der Waals surface area contributed by atoms with Gasteiger partial charge in [-0.2, -0.15) is 10.2 Å². The normalized spacial score (nSPS) is 10.9. The standard InChI is InChI=1S/C23H20N4O3S/c1-29-22-12-17(9-10-21(22)30-15-16-6-3-2-4-7-16)19-13-20(26-25-19)23(28)27-24-14-18-8-5-11-31-18/h2-14H,15H2,1H3,(H,25,26)(H,27,28)/b24-14-. The van der Waals surface area contributed by atoms with Gasteiger partial charge in [-0.05, 0) is 41.3 Å². The van der Waals surface area contributed by atoms with Gasteiger partial charge in [-0.1, -0.05) is 36.4 Å². The average Bonchev–Trinajstić information content (AvgIpc) is 3.51. The summed E-state index contributed by atoms with van der Waals surface area (Å²) in [6.07, 6.45) is 1.60. The number of H-pyrrole nitrogens is 1. The molecule has 0 aliphatic heterocycles. The van der Waals surface area contributed by atoms with Crippen LogP contribution in [0, 0.1) is 0 Å². The predicted molar refractivity (Wildman–Crippen MR) is 121 cm³/mol. The minimum Gasteiger partial charge on any atom is -0.493 e. The Labute approximate surface area is 183 Å². The lowest BCUT2D eigenvalue weighted by atomic mass is 10.1. The number of aromatic nitrogens is 2. The molecule has 0 aliphatic carbocycles. The fourth-order valence-electron chi connectivity index (χ4n) is 2.85. The molecule has 4 rings (SSSR count). The van der Waals surface area contributed by atoms with Crippen molar-refractivity contribution in [3.05, 3.63) is 88.2 Å². The molecule has 4 aromatic rings. The number of methoxy groups -OCH3 is 1. The largest absolute Gasteiger partial charge is 0.493 e. The third kappa shape index (κ3) is 5.18. The smallest absolute Gasteiger partial charge is 0.289 e. The minimum absolute atomic E-state index is 0.307. The highest BCUT2D eigenvalue weighted by Crippen LogP contribution is 2.32.